The predicted molar refractivity (Wildman–Crippen MR) is 79.4 cm³/mol. The minimum Gasteiger partial charge on any atom is -0.421 e. The van der Waals surface area contributed by atoms with E-state index in [1.807, 2.05) is 0 Å². The first-order chi connectivity index (χ1) is 12.5. The maximum atomic E-state index is 13.1. The number of benzene rings is 1. The lowest BCUT2D eigenvalue weighted by Gasteiger charge is -2.12. The molecule has 0 aliphatic heterocycles. The number of esters is 1. The summed E-state index contributed by atoms with van der Waals surface area (Å²) in [5.74, 6) is -1.40. The van der Waals surface area contributed by atoms with Crippen molar-refractivity contribution in [2.24, 2.45) is 0 Å². The molecule has 0 amide bonds. The minimum atomic E-state index is -5.17. The van der Waals surface area contributed by atoms with E-state index in [4.69, 9.17) is 16.3 Å². The Morgan fingerprint density at radius 3 is 2.33 bits per heavy atom. The Hall–Kier alpha value is -2.82. The van der Waals surface area contributed by atoms with Gasteiger partial charge in [-0.3, -0.25) is 0 Å². The number of hydrogen-bond donors (Lipinski definition) is 0. The average molecular weight is 410 g/mol. The summed E-state index contributed by atoms with van der Waals surface area (Å²) in [6.07, 6.45) is -9.70. The number of aromatic nitrogens is 3. The molecule has 0 unspecified atom stereocenters. The molecule has 0 fully saturated rings. The van der Waals surface area contributed by atoms with Crippen LogP contribution in [0.4, 0.5) is 26.3 Å². The Morgan fingerprint density at radius 1 is 1.07 bits per heavy atom. The standard InChI is InChI=1S/C15H6ClF6N3O2/c16-8-3-1-2-4-9(8)27-13(26)7-6-23-25-11(15(20,21)22)5-10(14(17,18)19)24-12(7)25/h1-6H. The summed E-state index contributed by atoms with van der Waals surface area (Å²) in [7, 11) is 0. The first-order valence-electron chi connectivity index (χ1n) is 6.98. The molecule has 3 aromatic rings. The maximum Gasteiger partial charge on any atom is 0.433 e. The van der Waals surface area contributed by atoms with E-state index in [0.717, 1.165) is 0 Å². The van der Waals surface area contributed by atoms with E-state index in [0.29, 0.717) is 6.20 Å². The van der Waals surface area contributed by atoms with Gasteiger partial charge in [0.1, 0.15) is 17.0 Å². The number of carbonyl (C=O) groups excluding carboxylic acids is 1. The van der Waals surface area contributed by atoms with Crippen LogP contribution < -0.4 is 4.74 Å². The lowest BCUT2D eigenvalue weighted by molar-refractivity contribution is -0.148. The van der Waals surface area contributed by atoms with Crippen LogP contribution >= 0.6 is 11.6 Å². The van der Waals surface area contributed by atoms with Gasteiger partial charge >= 0.3 is 18.3 Å². The average Bonchev–Trinajstić information content (AvgIpc) is 2.98. The highest BCUT2D eigenvalue weighted by molar-refractivity contribution is 6.32. The Bertz CT molecular complexity index is 1030. The molecule has 5 nitrogen and oxygen atoms in total. The Morgan fingerprint density at radius 2 is 1.74 bits per heavy atom. The van der Waals surface area contributed by atoms with Crippen LogP contribution in [-0.2, 0) is 12.4 Å². The van der Waals surface area contributed by atoms with E-state index in [-0.39, 0.29) is 21.4 Å². The number of fused-ring (bicyclic) bond motifs is 1. The molecule has 0 atom stereocenters. The van der Waals surface area contributed by atoms with E-state index >= 15 is 0 Å². The van der Waals surface area contributed by atoms with Crippen molar-refractivity contribution in [1.29, 1.82) is 0 Å². The molecule has 0 bridgehead atoms. The van der Waals surface area contributed by atoms with Crippen molar-refractivity contribution in [2.75, 3.05) is 0 Å². The third-order valence-corrected chi connectivity index (χ3v) is 3.62. The number of alkyl halides is 6. The highest BCUT2D eigenvalue weighted by atomic mass is 35.5. The summed E-state index contributed by atoms with van der Waals surface area (Å²) in [5, 5.41) is 3.34. The second-order valence-electron chi connectivity index (χ2n) is 5.14. The quantitative estimate of drug-likeness (QED) is 0.351. The Balaban J connectivity index is 2.15. The molecular formula is C15H6ClF6N3O2. The van der Waals surface area contributed by atoms with Crippen LogP contribution in [0.5, 0.6) is 5.75 Å². The van der Waals surface area contributed by atoms with E-state index in [1.54, 1.807) is 0 Å². The minimum absolute atomic E-state index is 0.0160. The van der Waals surface area contributed by atoms with Gasteiger partial charge in [0.25, 0.3) is 0 Å². The van der Waals surface area contributed by atoms with E-state index < -0.39 is 40.9 Å². The fourth-order valence-corrected chi connectivity index (χ4v) is 2.31. The number of carbonyl (C=O) groups is 1. The second kappa shape index (κ2) is 6.41. The summed E-state index contributed by atoms with van der Waals surface area (Å²) < 4.78 is 83.1. The molecule has 1 aromatic carbocycles. The van der Waals surface area contributed by atoms with E-state index in [1.165, 1.54) is 24.3 Å². The zero-order valence-electron chi connectivity index (χ0n) is 12.8. The van der Waals surface area contributed by atoms with Crippen molar-refractivity contribution in [1.82, 2.24) is 14.6 Å². The summed E-state index contributed by atoms with van der Waals surface area (Å²) in [6.45, 7) is 0. The van der Waals surface area contributed by atoms with E-state index in [2.05, 4.69) is 10.1 Å². The van der Waals surface area contributed by atoms with E-state index in [9.17, 15) is 31.1 Å². The number of halogens is 7. The van der Waals surface area contributed by atoms with Crippen LogP contribution in [0.15, 0.2) is 36.5 Å². The number of nitrogens with zero attached hydrogens (tertiary/aromatic N) is 3. The molecule has 12 heteroatoms. The summed E-state index contributed by atoms with van der Waals surface area (Å²) in [5.41, 5.74) is -5.20. The highest BCUT2D eigenvalue weighted by Crippen LogP contribution is 2.35. The third kappa shape index (κ3) is 3.68. The predicted octanol–water partition coefficient (Wildman–Crippen LogP) is 4.64. The van der Waals surface area contributed by atoms with Crippen molar-refractivity contribution < 1.29 is 35.9 Å². The molecule has 142 valence electrons. The number of hydrogen-bond acceptors (Lipinski definition) is 4. The Labute approximate surface area is 151 Å². The fraction of sp³-hybridized carbons (Fsp3) is 0.133. The molecule has 0 spiro atoms. The number of para-hydroxylation sites is 1. The molecule has 0 aliphatic carbocycles. The molecular weight excluding hydrogens is 404 g/mol. The van der Waals surface area contributed by atoms with Crippen LogP contribution in [-0.4, -0.2) is 20.6 Å². The normalized spacial score (nSPS) is 12.4. The molecule has 0 N–H and O–H groups in total. The zero-order chi connectivity index (χ0) is 20.0. The molecule has 0 saturated heterocycles. The SMILES string of the molecule is O=C(Oc1ccccc1Cl)c1cnn2c(C(F)(F)F)cc(C(F)(F)F)nc12. The van der Waals surface area contributed by atoms with Gasteiger partial charge in [-0.05, 0) is 18.2 Å². The lowest BCUT2D eigenvalue weighted by atomic mass is 10.2. The van der Waals surface area contributed by atoms with Gasteiger partial charge in [-0.15, -0.1) is 0 Å². The van der Waals surface area contributed by atoms with Gasteiger partial charge in [0.15, 0.2) is 11.3 Å². The number of ether oxygens (including phenoxy) is 1. The van der Waals surface area contributed by atoms with Gasteiger partial charge in [-0.25, -0.2) is 14.3 Å². The second-order valence-corrected chi connectivity index (χ2v) is 5.54. The highest BCUT2D eigenvalue weighted by Gasteiger charge is 2.41. The molecule has 0 radical (unpaired) electrons. The maximum absolute atomic E-state index is 13.1. The van der Waals surface area contributed by atoms with Gasteiger partial charge in [0.2, 0.25) is 0 Å². The molecule has 2 heterocycles. The van der Waals surface area contributed by atoms with Crippen LogP contribution in [0.1, 0.15) is 21.7 Å². The monoisotopic (exact) mass is 409 g/mol. The fourth-order valence-electron chi connectivity index (χ4n) is 2.14. The lowest BCUT2D eigenvalue weighted by Crippen LogP contribution is -2.19. The molecule has 27 heavy (non-hydrogen) atoms. The van der Waals surface area contributed by atoms with Crippen molar-refractivity contribution in [3.05, 3.63) is 58.5 Å². The van der Waals surface area contributed by atoms with Crippen LogP contribution in [0.2, 0.25) is 5.02 Å². The third-order valence-electron chi connectivity index (χ3n) is 3.31. The summed E-state index contributed by atoms with van der Waals surface area (Å²) >= 11 is 5.81. The van der Waals surface area contributed by atoms with Crippen LogP contribution in [0.25, 0.3) is 5.65 Å². The van der Waals surface area contributed by atoms with Gasteiger partial charge in [-0.2, -0.15) is 31.4 Å². The first-order valence-corrected chi connectivity index (χ1v) is 7.36. The molecule has 3 rings (SSSR count). The molecule has 2 aromatic heterocycles. The van der Waals surface area contributed by atoms with Crippen molar-refractivity contribution in [2.45, 2.75) is 12.4 Å². The Kier molecular flexibility index (Phi) is 4.50. The molecule has 0 aliphatic rings. The van der Waals surface area contributed by atoms with Crippen molar-refractivity contribution in [3.63, 3.8) is 0 Å². The van der Waals surface area contributed by atoms with Crippen LogP contribution in [0, 0.1) is 0 Å². The van der Waals surface area contributed by atoms with Gasteiger partial charge in [0.05, 0.1) is 11.2 Å². The topological polar surface area (TPSA) is 56.5 Å². The number of rotatable bonds is 2. The van der Waals surface area contributed by atoms with Gasteiger partial charge in [-0.1, -0.05) is 23.7 Å². The first kappa shape index (κ1) is 19.0. The zero-order valence-corrected chi connectivity index (χ0v) is 13.5. The van der Waals surface area contributed by atoms with Gasteiger partial charge < -0.3 is 4.74 Å². The van der Waals surface area contributed by atoms with Crippen LogP contribution in [0.3, 0.4) is 0 Å². The summed E-state index contributed by atoms with van der Waals surface area (Å²) in [4.78, 5) is 15.3. The molecule has 0 saturated carbocycles. The smallest absolute Gasteiger partial charge is 0.421 e. The largest absolute Gasteiger partial charge is 0.433 e. The van der Waals surface area contributed by atoms with Crippen molar-refractivity contribution >= 4 is 23.2 Å². The summed E-state index contributed by atoms with van der Waals surface area (Å²) in [6, 6.07) is 5.47. The van der Waals surface area contributed by atoms with Gasteiger partial charge in [0, 0.05) is 0 Å². The van der Waals surface area contributed by atoms with Crippen molar-refractivity contribution in [3.8, 4) is 5.75 Å².